The minimum atomic E-state index is 0.401. The topological polar surface area (TPSA) is 15.3 Å². The highest BCUT2D eigenvalue weighted by molar-refractivity contribution is 5.05. The van der Waals surface area contributed by atoms with Gasteiger partial charge in [-0.3, -0.25) is 4.90 Å². The Bertz CT molecular complexity index is 337. The summed E-state index contributed by atoms with van der Waals surface area (Å²) < 4.78 is 0. The quantitative estimate of drug-likeness (QED) is 0.844. The number of nitrogens with zero attached hydrogens (tertiary/aromatic N) is 1. The first-order valence-electron chi connectivity index (χ1n) is 8.94. The number of rotatable bonds is 3. The van der Waals surface area contributed by atoms with E-state index in [1.165, 1.54) is 58.0 Å². The molecule has 0 aromatic carbocycles. The standard InChI is InChI=1S/C18H34N2/c1-5-15-12-19-18(4,14-6-7-14)13-20(15)16-8-10-17(2,3)11-9-16/h14-16,19H,5-13H2,1-4H3. The molecule has 3 fully saturated rings. The Kier molecular flexibility index (Phi) is 3.92. The molecule has 0 spiro atoms. The molecule has 2 saturated carbocycles. The molecule has 0 bridgehead atoms. The van der Waals surface area contributed by atoms with Gasteiger partial charge in [0.1, 0.15) is 0 Å². The maximum Gasteiger partial charge on any atom is 0.0309 e. The highest BCUT2D eigenvalue weighted by atomic mass is 15.3. The Hall–Kier alpha value is -0.0800. The highest BCUT2D eigenvalue weighted by Gasteiger charge is 2.47. The van der Waals surface area contributed by atoms with Crippen LogP contribution in [0.4, 0.5) is 0 Å². The van der Waals surface area contributed by atoms with E-state index in [4.69, 9.17) is 0 Å². The lowest BCUT2D eigenvalue weighted by molar-refractivity contribution is 0.00883. The summed E-state index contributed by atoms with van der Waals surface area (Å²) in [5, 5.41) is 3.90. The molecule has 116 valence electrons. The van der Waals surface area contributed by atoms with Crippen LogP contribution in [0.5, 0.6) is 0 Å². The first-order chi connectivity index (χ1) is 9.43. The molecular formula is C18H34N2. The largest absolute Gasteiger partial charge is 0.308 e. The van der Waals surface area contributed by atoms with E-state index in [2.05, 4.69) is 37.9 Å². The van der Waals surface area contributed by atoms with Crippen LogP contribution in [-0.4, -0.2) is 35.6 Å². The summed E-state index contributed by atoms with van der Waals surface area (Å²) >= 11 is 0. The van der Waals surface area contributed by atoms with Gasteiger partial charge in [0.05, 0.1) is 0 Å². The Morgan fingerprint density at radius 2 is 1.70 bits per heavy atom. The van der Waals surface area contributed by atoms with Crippen LogP contribution in [0, 0.1) is 11.3 Å². The predicted molar refractivity (Wildman–Crippen MR) is 86.0 cm³/mol. The van der Waals surface area contributed by atoms with Gasteiger partial charge >= 0.3 is 0 Å². The Balaban J connectivity index is 1.68. The maximum atomic E-state index is 3.90. The molecule has 2 aliphatic carbocycles. The average molecular weight is 278 g/mol. The van der Waals surface area contributed by atoms with Gasteiger partial charge in [0, 0.05) is 30.7 Å². The molecule has 2 nitrogen and oxygen atoms in total. The molecule has 1 saturated heterocycles. The molecule has 1 aliphatic heterocycles. The highest BCUT2D eigenvalue weighted by Crippen LogP contribution is 2.44. The Morgan fingerprint density at radius 3 is 2.25 bits per heavy atom. The molecule has 0 aromatic rings. The number of piperazine rings is 1. The molecule has 0 radical (unpaired) electrons. The van der Waals surface area contributed by atoms with Crippen molar-refractivity contribution >= 4 is 0 Å². The van der Waals surface area contributed by atoms with E-state index in [1.54, 1.807) is 0 Å². The first-order valence-corrected chi connectivity index (χ1v) is 8.94. The van der Waals surface area contributed by atoms with Gasteiger partial charge in [0.15, 0.2) is 0 Å². The van der Waals surface area contributed by atoms with Gasteiger partial charge in [-0.05, 0) is 63.2 Å². The molecule has 3 aliphatic rings. The minimum absolute atomic E-state index is 0.401. The van der Waals surface area contributed by atoms with Gasteiger partial charge in [-0.25, -0.2) is 0 Å². The van der Waals surface area contributed by atoms with Crippen LogP contribution in [0.3, 0.4) is 0 Å². The second-order valence-electron chi connectivity index (χ2n) is 8.70. The fourth-order valence-corrected chi connectivity index (χ4v) is 4.55. The third kappa shape index (κ3) is 2.92. The van der Waals surface area contributed by atoms with Crippen molar-refractivity contribution in [2.75, 3.05) is 13.1 Å². The second-order valence-corrected chi connectivity index (χ2v) is 8.70. The molecular weight excluding hydrogens is 244 g/mol. The number of hydrogen-bond donors (Lipinski definition) is 1. The lowest BCUT2D eigenvalue weighted by Gasteiger charge is -2.51. The van der Waals surface area contributed by atoms with E-state index in [0.29, 0.717) is 11.0 Å². The summed E-state index contributed by atoms with van der Waals surface area (Å²) in [7, 11) is 0. The molecule has 1 heterocycles. The van der Waals surface area contributed by atoms with Crippen LogP contribution in [0.25, 0.3) is 0 Å². The third-order valence-electron chi connectivity index (χ3n) is 6.45. The zero-order chi connectivity index (χ0) is 14.4. The summed E-state index contributed by atoms with van der Waals surface area (Å²) in [5.74, 6) is 0.947. The first kappa shape index (κ1) is 14.8. The summed E-state index contributed by atoms with van der Waals surface area (Å²) in [6, 6.07) is 1.63. The van der Waals surface area contributed by atoms with Crippen molar-refractivity contribution in [3.8, 4) is 0 Å². The zero-order valence-corrected chi connectivity index (χ0v) is 14.0. The van der Waals surface area contributed by atoms with Gasteiger partial charge in [0.25, 0.3) is 0 Å². The van der Waals surface area contributed by atoms with Crippen LogP contribution in [-0.2, 0) is 0 Å². The van der Waals surface area contributed by atoms with Crippen LogP contribution in [0.2, 0.25) is 0 Å². The maximum absolute atomic E-state index is 3.90. The van der Waals surface area contributed by atoms with Crippen molar-refractivity contribution in [3.05, 3.63) is 0 Å². The summed E-state index contributed by atoms with van der Waals surface area (Å²) in [6.45, 7) is 12.3. The summed E-state index contributed by atoms with van der Waals surface area (Å²) in [4.78, 5) is 2.91. The summed E-state index contributed by atoms with van der Waals surface area (Å²) in [5.41, 5.74) is 0.991. The monoisotopic (exact) mass is 278 g/mol. The fraction of sp³-hybridized carbons (Fsp3) is 1.00. The lowest BCUT2D eigenvalue weighted by atomic mass is 9.74. The van der Waals surface area contributed by atoms with E-state index < -0.39 is 0 Å². The van der Waals surface area contributed by atoms with Crippen molar-refractivity contribution in [2.45, 2.75) is 90.3 Å². The molecule has 2 heteroatoms. The molecule has 3 rings (SSSR count). The third-order valence-corrected chi connectivity index (χ3v) is 6.45. The van der Waals surface area contributed by atoms with Gasteiger partial charge in [-0.2, -0.15) is 0 Å². The van der Waals surface area contributed by atoms with Crippen molar-refractivity contribution in [3.63, 3.8) is 0 Å². The van der Waals surface area contributed by atoms with Crippen LogP contribution < -0.4 is 5.32 Å². The van der Waals surface area contributed by atoms with E-state index in [1.807, 2.05) is 0 Å². The molecule has 2 unspecified atom stereocenters. The second kappa shape index (κ2) is 5.28. The fourth-order valence-electron chi connectivity index (χ4n) is 4.55. The molecule has 1 N–H and O–H groups in total. The van der Waals surface area contributed by atoms with Crippen LogP contribution >= 0.6 is 0 Å². The van der Waals surface area contributed by atoms with Crippen molar-refractivity contribution in [1.82, 2.24) is 10.2 Å². The van der Waals surface area contributed by atoms with Gasteiger partial charge in [-0.15, -0.1) is 0 Å². The van der Waals surface area contributed by atoms with Gasteiger partial charge in [0.2, 0.25) is 0 Å². The SMILES string of the molecule is CCC1CNC(C)(C2CC2)CN1C1CCC(C)(C)CC1. The molecule has 0 aromatic heterocycles. The zero-order valence-electron chi connectivity index (χ0n) is 14.0. The Labute approximate surface area is 125 Å². The molecule has 0 amide bonds. The van der Waals surface area contributed by atoms with Crippen molar-refractivity contribution in [2.24, 2.45) is 11.3 Å². The normalized spacial score (nSPS) is 39.9. The minimum Gasteiger partial charge on any atom is -0.308 e. The van der Waals surface area contributed by atoms with Crippen LogP contribution in [0.1, 0.15) is 72.6 Å². The molecule has 2 atom stereocenters. The average Bonchev–Trinajstić information content (AvgIpc) is 3.23. The van der Waals surface area contributed by atoms with Gasteiger partial charge in [-0.1, -0.05) is 20.8 Å². The van der Waals surface area contributed by atoms with E-state index in [9.17, 15) is 0 Å². The summed E-state index contributed by atoms with van der Waals surface area (Å²) in [6.07, 6.45) is 9.87. The smallest absolute Gasteiger partial charge is 0.0309 e. The van der Waals surface area contributed by atoms with Crippen LogP contribution in [0.15, 0.2) is 0 Å². The number of hydrogen-bond acceptors (Lipinski definition) is 2. The van der Waals surface area contributed by atoms with Gasteiger partial charge < -0.3 is 5.32 Å². The number of nitrogens with one attached hydrogen (secondary N) is 1. The Morgan fingerprint density at radius 1 is 1.05 bits per heavy atom. The van der Waals surface area contributed by atoms with E-state index in [0.717, 1.165) is 18.0 Å². The van der Waals surface area contributed by atoms with E-state index >= 15 is 0 Å². The van der Waals surface area contributed by atoms with E-state index in [-0.39, 0.29) is 0 Å². The molecule has 20 heavy (non-hydrogen) atoms. The van der Waals surface area contributed by atoms with Crippen molar-refractivity contribution < 1.29 is 0 Å². The predicted octanol–water partition coefficient (Wildman–Crippen LogP) is 3.81. The van der Waals surface area contributed by atoms with Crippen molar-refractivity contribution in [1.29, 1.82) is 0 Å². The lowest BCUT2D eigenvalue weighted by Crippen LogP contribution is -2.66.